The fourth-order valence-corrected chi connectivity index (χ4v) is 3.93. The van der Waals surface area contributed by atoms with Crippen molar-refractivity contribution in [2.45, 2.75) is 56.7 Å². The van der Waals surface area contributed by atoms with Crippen LogP contribution in [0.5, 0.6) is 5.75 Å². The van der Waals surface area contributed by atoms with Crippen LogP contribution in [0.1, 0.15) is 44.9 Å². The van der Waals surface area contributed by atoms with Crippen molar-refractivity contribution in [3.05, 3.63) is 22.7 Å². The van der Waals surface area contributed by atoms with Gasteiger partial charge in [-0.25, -0.2) is 0 Å². The van der Waals surface area contributed by atoms with Crippen LogP contribution in [0.15, 0.2) is 22.7 Å². The van der Waals surface area contributed by atoms with E-state index in [1.54, 1.807) is 0 Å². The summed E-state index contributed by atoms with van der Waals surface area (Å²) >= 11 is 3.48. The van der Waals surface area contributed by atoms with E-state index < -0.39 is 0 Å². The van der Waals surface area contributed by atoms with Gasteiger partial charge in [0.1, 0.15) is 6.61 Å². The van der Waals surface area contributed by atoms with E-state index in [0.29, 0.717) is 12.3 Å². The molecule has 1 aliphatic carbocycles. The second-order valence-corrected chi connectivity index (χ2v) is 6.85. The van der Waals surface area contributed by atoms with Crippen LogP contribution in [0, 0.1) is 0 Å². The number of nitrogen functional groups attached to an aromatic ring is 1. The van der Waals surface area contributed by atoms with E-state index in [1.807, 2.05) is 18.2 Å². The predicted octanol–water partition coefficient (Wildman–Crippen LogP) is 4.29. The molecule has 2 fully saturated rings. The van der Waals surface area contributed by atoms with Crippen molar-refractivity contribution >= 4 is 21.6 Å². The van der Waals surface area contributed by atoms with Gasteiger partial charge in [0.15, 0.2) is 5.75 Å². The average Bonchev–Trinajstić information content (AvgIpc) is 2.82. The van der Waals surface area contributed by atoms with Gasteiger partial charge in [-0.3, -0.25) is 0 Å². The maximum absolute atomic E-state index is 6.31. The third-order valence-electron chi connectivity index (χ3n) is 4.51. The normalized spacial score (nSPS) is 24.9. The number of hydrogen-bond donors (Lipinski definition) is 1. The van der Waals surface area contributed by atoms with Crippen molar-refractivity contribution in [3.8, 4) is 5.75 Å². The summed E-state index contributed by atoms with van der Waals surface area (Å²) in [4.78, 5) is 0. The fraction of sp³-hybridized carbons (Fsp3) is 0.625. The third-order valence-corrected chi connectivity index (χ3v) is 5.14. The molecule has 1 unspecified atom stereocenters. The number of nitrogens with two attached hydrogens (primary N) is 1. The molecular formula is C16H22BrNO2. The molecule has 1 aliphatic heterocycles. The molecular weight excluding hydrogens is 318 g/mol. The Morgan fingerprint density at radius 2 is 2.05 bits per heavy atom. The fourth-order valence-electron chi connectivity index (χ4n) is 3.43. The first-order valence-electron chi connectivity index (χ1n) is 7.53. The molecule has 1 atom stereocenters. The van der Waals surface area contributed by atoms with Crippen molar-refractivity contribution < 1.29 is 9.47 Å². The molecule has 110 valence electrons. The maximum atomic E-state index is 6.31. The first-order chi connectivity index (χ1) is 9.69. The molecule has 0 radical (unpaired) electrons. The molecule has 1 spiro atoms. The quantitative estimate of drug-likeness (QED) is 0.835. The van der Waals surface area contributed by atoms with Gasteiger partial charge < -0.3 is 15.2 Å². The Hall–Kier alpha value is -0.740. The lowest BCUT2D eigenvalue weighted by Crippen LogP contribution is -2.32. The molecule has 0 amide bonds. The first kappa shape index (κ1) is 14.2. The van der Waals surface area contributed by atoms with Crippen molar-refractivity contribution in [2.24, 2.45) is 0 Å². The van der Waals surface area contributed by atoms with E-state index in [0.717, 1.165) is 16.6 Å². The van der Waals surface area contributed by atoms with Gasteiger partial charge in [0, 0.05) is 0 Å². The molecule has 3 rings (SSSR count). The van der Waals surface area contributed by atoms with Crippen molar-refractivity contribution in [1.82, 2.24) is 0 Å². The van der Waals surface area contributed by atoms with Gasteiger partial charge in [-0.15, -0.1) is 0 Å². The van der Waals surface area contributed by atoms with E-state index in [-0.39, 0.29) is 11.7 Å². The summed E-state index contributed by atoms with van der Waals surface area (Å²) in [5.74, 6) is 0.737. The highest BCUT2D eigenvalue weighted by molar-refractivity contribution is 9.10. The summed E-state index contributed by atoms with van der Waals surface area (Å²) in [5.41, 5.74) is 6.78. The zero-order valence-electron chi connectivity index (χ0n) is 11.7. The van der Waals surface area contributed by atoms with Gasteiger partial charge in [-0.2, -0.15) is 0 Å². The van der Waals surface area contributed by atoms with Gasteiger partial charge in [0.05, 0.1) is 21.9 Å². The van der Waals surface area contributed by atoms with Crippen LogP contribution in [0.2, 0.25) is 0 Å². The molecule has 1 aromatic carbocycles. The molecule has 3 nitrogen and oxygen atoms in total. The van der Waals surface area contributed by atoms with Crippen molar-refractivity contribution in [2.75, 3.05) is 12.3 Å². The van der Waals surface area contributed by atoms with E-state index in [1.165, 1.54) is 38.5 Å². The van der Waals surface area contributed by atoms with E-state index >= 15 is 0 Å². The molecule has 1 heterocycles. The maximum Gasteiger partial charge on any atom is 0.156 e. The summed E-state index contributed by atoms with van der Waals surface area (Å²) in [7, 11) is 0. The first-order valence-corrected chi connectivity index (χ1v) is 8.32. The molecule has 1 aromatic rings. The lowest BCUT2D eigenvalue weighted by molar-refractivity contribution is -0.0748. The summed E-state index contributed by atoms with van der Waals surface area (Å²) in [6.45, 7) is 0.592. The van der Waals surface area contributed by atoms with Crippen molar-refractivity contribution in [3.63, 3.8) is 0 Å². The summed E-state index contributed by atoms with van der Waals surface area (Å²) in [6.07, 6.45) is 8.92. The zero-order valence-corrected chi connectivity index (χ0v) is 13.3. The van der Waals surface area contributed by atoms with Crippen LogP contribution in [0.25, 0.3) is 0 Å². The largest absolute Gasteiger partial charge is 0.488 e. The van der Waals surface area contributed by atoms with Crippen LogP contribution in [-0.2, 0) is 4.74 Å². The predicted molar refractivity (Wildman–Crippen MR) is 84.0 cm³/mol. The standard InChI is InChI=1S/C16H22BrNO2/c17-13-5-4-6-14(18)15(13)19-11-12-7-10-16(20-12)8-2-1-3-9-16/h4-6,12H,1-3,7-11,18H2. The second-order valence-electron chi connectivity index (χ2n) is 5.99. The summed E-state index contributed by atoms with van der Waals surface area (Å²) in [5, 5.41) is 0. The van der Waals surface area contributed by atoms with Crippen molar-refractivity contribution in [1.29, 1.82) is 0 Å². The highest BCUT2D eigenvalue weighted by Gasteiger charge is 2.40. The SMILES string of the molecule is Nc1cccc(Br)c1OCC1CCC2(CCCCC2)O1. The van der Waals surface area contributed by atoms with Gasteiger partial charge in [0.2, 0.25) is 0 Å². The molecule has 4 heteroatoms. The Morgan fingerprint density at radius 1 is 1.25 bits per heavy atom. The Balaban J connectivity index is 1.57. The number of anilines is 1. The molecule has 1 saturated heterocycles. The molecule has 0 bridgehead atoms. The Labute approximate surface area is 129 Å². The highest BCUT2D eigenvalue weighted by atomic mass is 79.9. The molecule has 20 heavy (non-hydrogen) atoms. The summed E-state index contributed by atoms with van der Waals surface area (Å²) < 4.78 is 13.1. The van der Waals surface area contributed by atoms with Gasteiger partial charge in [-0.1, -0.05) is 25.3 Å². The average molecular weight is 340 g/mol. The Bertz CT molecular complexity index is 451. The van der Waals surface area contributed by atoms with Gasteiger partial charge >= 0.3 is 0 Å². The lowest BCUT2D eigenvalue weighted by Gasteiger charge is -2.33. The monoisotopic (exact) mass is 339 g/mol. The topological polar surface area (TPSA) is 44.5 Å². The zero-order chi connectivity index (χ0) is 14.0. The highest BCUT2D eigenvalue weighted by Crippen LogP contribution is 2.42. The molecule has 0 aromatic heterocycles. The molecule has 1 saturated carbocycles. The number of para-hydroxylation sites is 1. The number of rotatable bonds is 3. The van der Waals surface area contributed by atoms with E-state index in [4.69, 9.17) is 15.2 Å². The van der Waals surface area contributed by atoms with E-state index in [2.05, 4.69) is 15.9 Å². The van der Waals surface area contributed by atoms with Crippen LogP contribution in [-0.4, -0.2) is 18.3 Å². The van der Waals surface area contributed by atoms with Crippen LogP contribution < -0.4 is 10.5 Å². The Kier molecular flexibility index (Phi) is 4.22. The van der Waals surface area contributed by atoms with Gasteiger partial charge in [-0.05, 0) is 53.7 Å². The lowest BCUT2D eigenvalue weighted by atomic mass is 9.83. The van der Waals surface area contributed by atoms with Crippen LogP contribution in [0.4, 0.5) is 5.69 Å². The minimum Gasteiger partial charge on any atom is -0.488 e. The number of halogens is 1. The molecule has 2 N–H and O–H groups in total. The van der Waals surface area contributed by atoms with E-state index in [9.17, 15) is 0 Å². The number of hydrogen-bond acceptors (Lipinski definition) is 3. The smallest absolute Gasteiger partial charge is 0.156 e. The number of ether oxygens (including phenoxy) is 2. The van der Waals surface area contributed by atoms with Gasteiger partial charge in [0.25, 0.3) is 0 Å². The number of benzene rings is 1. The minimum absolute atomic E-state index is 0.158. The van der Waals surface area contributed by atoms with Crippen LogP contribution >= 0.6 is 15.9 Å². The Morgan fingerprint density at radius 3 is 2.80 bits per heavy atom. The summed E-state index contributed by atoms with van der Waals surface area (Å²) in [6, 6.07) is 5.72. The minimum atomic E-state index is 0.158. The molecule has 2 aliphatic rings. The second kappa shape index (κ2) is 5.94. The third kappa shape index (κ3) is 2.96. The van der Waals surface area contributed by atoms with Crippen LogP contribution in [0.3, 0.4) is 0 Å².